The summed E-state index contributed by atoms with van der Waals surface area (Å²) in [4.78, 5) is 10.6. The minimum absolute atomic E-state index is 0.0606. The fourth-order valence-electron chi connectivity index (χ4n) is 4.41. The molecule has 15 heteroatoms. The molecule has 0 atom stereocenters. The van der Waals surface area contributed by atoms with E-state index in [4.69, 9.17) is 25.4 Å². The molecule has 1 aromatic heterocycles. The summed E-state index contributed by atoms with van der Waals surface area (Å²) in [5.74, 6) is 0.428. The normalized spacial score (nSPS) is 14.2. The van der Waals surface area contributed by atoms with E-state index in [1.54, 1.807) is 42.6 Å². The maximum absolute atomic E-state index is 13.8. The van der Waals surface area contributed by atoms with Gasteiger partial charge in [0.15, 0.2) is 0 Å². The molecule has 0 radical (unpaired) electrons. The molecule has 3 heterocycles. The first-order chi connectivity index (χ1) is 21.7. The van der Waals surface area contributed by atoms with Crippen molar-refractivity contribution in [1.82, 2.24) is 15.3 Å². The molecule has 3 aromatic carbocycles. The van der Waals surface area contributed by atoms with Gasteiger partial charge in [0.2, 0.25) is 0 Å². The van der Waals surface area contributed by atoms with Gasteiger partial charge in [-0.1, -0.05) is 53.1 Å². The molecule has 0 saturated heterocycles. The Bertz CT molecular complexity index is 1830. The summed E-state index contributed by atoms with van der Waals surface area (Å²) >= 11 is 5.75. The van der Waals surface area contributed by atoms with Crippen LogP contribution in [0, 0.1) is 19.7 Å². The van der Waals surface area contributed by atoms with Crippen molar-refractivity contribution >= 4 is 37.7 Å². The number of aromatic nitrogens is 2. The van der Waals surface area contributed by atoms with E-state index < -0.39 is 26.1 Å². The Hall–Kier alpha value is -3.92. The fraction of sp³-hybridized carbons (Fsp3) is 0.226. The molecule has 0 bridgehead atoms. The molecule has 46 heavy (non-hydrogen) atoms. The van der Waals surface area contributed by atoms with Crippen LogP contribution >= 0.6 is 11.6 Å². The molecule has 3 N–H and O–H groups in total. The highest BCUT2D eigenvalue weighted by Crippen LogP contribution is 2.26. The summed E-state index contributed by atoms with van der Waals surface area (Å²) in [5.41, 5.74) is 5.22. The summed E-state index contributed by atoms with van der Waals surface area (Å²) in [5, 5.41) is 3.71. The topological polar surface area (TPSA) is 159 Å². The molecule has 0 unspecified atom stereocenters. The van der Waals surface area contributed by atoms with Crippen molar-refractivity contribution in [1.29, 1.82) is 0 Å². The molecule has 0 fully saturated rings. The lowest BCUT2D eigenvalue weighted by Gasteiger charge is -2.19. The first kappa shape index (κ1) is 34.9. The Kier molecular flexibility index (Phi) is 11.5. The van der Waals surface area contributed by atoms with Crippen LogP contribution in [-0.4, -0.2) is 62.1 Å². The Morgan fingerprint density at radius 2 is 1.37 bits per heavy atom. The maximum Gasteiger partial charge on any atom is 0.318 e. The zero-order chi connectivity index (χ0) is 33.5. The Balaban J connectivity index is 0.000000182. The number of rotatable bonds is 6. The van der Waals surface area contributed by atoms with Crippen LogP contribution in [0.3, 0.4) is 0 Å². The molecule has 244 valence electrons. The average molecular weight is 691 g/mol. The molecule has 6 rings (SSSR count). The number of anilines is 1. The smallest absolute Gasteiger partial charge is 0.318 e. The van der Waals surface area contributed by atoms with Crippen molar-refractivity contribution in [3.63, 3.8) is 0 Å². The highest BCUT2D eigenvalue weighted by Gasteiger charge is 2.26. The van der Waals surface area contributed by atoms with Crippen LogP contribution in [0.4, 0.5) is 10.2 Å². The zero-order valence-corrected chi connectivity index (χ0v) is 27.3. The van der Waals surface area contributed by atoms with E-state index in [0.717, 1.165) is 43.1 Å². The fourth-order valence-corrected chi connectivity index (χ4v) is 5.53. The van der Waals surface area contributed by atoms with Crippen LogP contribution in [0.25, 0.3) is 0 Å². The molecule has 2 aliphatic rings. The molecular weight excluding hydrogens is 659 g/mol. The quantitative estimate of drug-likeness (QED) is 0.184. The predicted octanol–water partition coefficient (Wildman–Crippen LogP) is 5.05. The van der Waals surface area contributed by atoms with Crippen molar-refractivity contribution in [2.24, 2.45) is 0 Å². The van der Waals surface area contributed by atoms with Crippen molar-refractivity contribution < 1.29 is 35.1 Å². The van der Waals surface area contributed by atoms with Gasteiger partial charge >= 0.3 is 6.01 Å². The zero-order valence-electron chi connectivity index (χ0n) is 24.9. The van der Waals surface area contributed by atoms with E-state index in [1.165, 1.54) is 41.5 Å². The predicted molar refractivity (Wildman–Crippen MR) is 172 cm³/mol. The monoisotopic (exact) mass is 690 g/mol. The Labute approximate surface area is 272 Å². The van der Waals surface area contributed by atoms with Gasteiger partial charge in [-0.25, -0.2) is 9.37 Å². The second kappa shape index (κ2) is 15.1. The minimum atomic E-state index is -4.02. The molecule has 11 nitrogen and oxygen atoms in total. The van der Waals surface area contributed by atoms with Crippen LogP contribution in [0.5, 0.6) is 6.01 Å². The van der Waals surface area contributed by atoms with Gasteiger partial charge in [-0.3, -0.25) is 9.11 Å². The van der Waals surface area contributed by atoms with Crippen LogP contribution in [-0.2, 0) is 26.8 Å². The lowest BCUT2D eigenvalue weighted by atomic mass is 10.2. The minimum Gasteiger partial charge on any atom is -0.458 e. The lowest BCUT2D eigenvalue weighted by Crippen LogP contribution is -2.27. The van der Waals surface area contributed by atoms with Gasteiger partial charge in [-0.05, 0) is 67.5 Å². The largest absolute Gasteiger partial charge is 0.458 e. The van der Waals surface area contributed by atoms with Gasteiger partial charge in [0.05, 0.1) is 9.79 Å². The molecule has 0 spiro atoms. The Morgan fingerprint density at radius 1 is 0.848 bits per heavy atom. The number of hydrogen-bond donors (Lipinski definition) is 3. The lowest BCUT2D eigenvalue weighted by molar-refractivity contribution is 0.275. The average Bonchev–Trinajstić information content (AvgIpc) is 3.60. The summed E-state index contributed by atoms with van der Waals surface area (Å²) < 4.78 is 78.4. The molecule has 0 amide bonds. The third kappa shape index (κ3) is 10.0. The van der Waals surface area contributed by atoms with Crippen LogP contribution in [0.15, 0.2) is 99.9 Å². The van der Waals surface area contributed by atoms with Crippen LogP contribution in [0.1, 0.15) is 16.7 Å². The van der Waals surface area contributed by atoms with Crippen molar-refractivity contribution in [2.45, 2.75) is 30.2 Å². The van der Waals surface area contributed by atoms with Gasteiger partial charge < -0.3 is 15.0 Å². The Morgan fingerprint density at radius 3 is 1.85 bits per heavy atom. The second-order valence-corrected chi connectivity index (χ2v) is 13.7. The van der Waals surface area contributed by atoms with Gasteiger partial charge in [0.1, 0.15) is 18.2 Å². The van der Waals surface area contributed by atoms with E-state index in [0.29, 0.717) is 10.6 Å². The SMILES string of the molecule is Cc1ccc(S(=O)(=O)O)cc1.Cc1ccc(S(=O)(=O)O)cc1.Fc1cc(Cl)ccc1COc1nccc(N2CC3=C(CNC3)C2)n1. The van der Waals surface area contributed by atoms with Crippen molar-refractivity contribution in [3.05, 3.63) is 118 Å². The molecule has 0 aliphatic carbocycles. The standard InChI is InChI=1S/C17H16ClFN4O.2C7H8O3S/c18-14-2-1-11(15(19)5-14)10-24-17-21-4-3-16(22-17)23-8-12-6-20-7-13(12)9-23;2*1-6-2-4-7(5-3-6)11(8,9)10/h1-5,20H,6-10H2;2*2-5H,1H3,(H,8,9,10). The van der Waals surface area contributed by atoms with Gasteiger partial charge in [-0.2, -0.15) is 21.8 Å². The summed E-state index contributed by atoms with van der Waals surface area (Å²) in [7, 11) is -8.04. The van der Waals surface area contributed by atoms with Gasteiger partial charge in [0.25, 0.3) is 20.2 Å². The first-order valence-electron chi connectivity index (χ1n) is 13.8. The number of aryl methyl sites for hydroxylation is 2. The third-order valence-corrected chi connectivity index (χ3v) is 8.86. The third-order valence-electron chi connectivity index (χ3n) is 6.89. The number of benzene rings is 3. The second-order valence-electron chi connectivity index (χ2n) is 10.5. The highest BCUT2D eigenvalue weighted by atomic mass is 35.5. The summed E-state index contributed by atoms with van der Waals surface area (Å²) in [6.07, 6.45) is 1.66. The number of nitrogens with zero attached hydrogens (tertiary/aromatic N) is 3. The van der Waals surface area contributed by atoms with E-state index in [9.17, 15) is 21.2 Å². The number of halogens is 2. The number of nitrogens with one attached hydrogen (secondary N) is 1. The van der Waals surface area contributed by atoms with Gasteiger partial charge in [0, 0.05) is 43.0 Å². The first-order valence-corrected chi connectivity index (χ1v) is 17.1. The van der Waals surface area contributed by atoms with Crippen LogP contribution < -0.4 is 15.0 Å². The molecule has 2 aliphatic heterocycles. The van der Waals surface area contributed by atoms with Crippen molar-refractivity contribution in [2.75, 3.05) is 31.1 Å². The molecule has 4 aromatic rings. The number of ether oxygens (including phenoxy) is 1. The van der Waals surface area contributed by atoms with E-state index >= 15 is 0 Å². The summed E-state index contributed by atoms with van der Waals surface area (Å²) in [6.45, 7) is 7.41. The molecular formula is C31H32ClFN4O7S2. The van der Waals surface area contributed by atoms with Gasteiger partial charge in [-0.15, -0.1) is 0 Å². The maximum atomic E-state index is 13.8. The summed E-state index contributed by atoms with van der Waals surface area (Å²) in [6, 6.07) is 18.6. The number of hydrogen-bond acceptors (Lipinski definition) is 9. The van der Waals surface area contributed by atoms with E-state index in [-0.39, 0.29) is 22.4 Å². The van der Waals surface area contributed by atoms with E-state index in [1.807, 2.05) is 19.9 Å². The van der Waals surface area contributed by atoms with Crippen LogP contribution in [0.2, 0.25) is 5.02 Å². The van der Waals surface area contributed by atoms with E-state index in [2.05, 4.69) is 20.2 Å². The molecule has 0 saturated carbocycles. The van der Waals surface area contributed by atoms with Crippen molar-refractivity contribution in [3.8, 4) is 6.01 Å². The highest BCUT2D eigenvalue weighted by molar-refractivity contribution is 7.86.